The van der Waals surface area contributed by atoms with Crippen LogP contribution < -0.4 is 0 Å². The Morgan fingerprint density at radius 3 is 2.83 bits per heavy atom. The number of rotatable bonds is 0. The quantitative estimate of drug-likeness (QED) is 0.399. The zero-order valence-electron chi connectivity index (χ0n) is 6.90. The molecule has 1 heterocycles. The first-order valence-electron chi connectivity index (χ1n) is 4.68. The number of hydrogen-bond donors (Lipinski definition) is 0. The number of cyclic esters (lactones) is 1. The fourth-order valence-electron chi connectivity index (χ4n) is 3.02. The number of carbonyl (C=O) groups is 1. The number of carbonyl (C=O) groups excluding carboxylic acids is 1. The van der Waals surface area contributed by atoms with Gasteiger partial charge in [0.15, 0.2) is 0 Å². The van der Waals surface area contributed by atoms with Crippen LogP contribution in [0.3, 0.4) is 0 Å². The molecule has 2 fully saturated rings. The molecule has 64 valence electrons. The summed E-state index contributed by atoms with van der Waals surface area (Å²) in [6, 6.07) is 0. The van der Waals surface area contributed by atoms with E-state index in [1.165, 1.54) is 6.42 Å². The molecule has 4 atom stereocenters. The highest BCUT2D eigenvalue weighted by molar-refractivity contribution is 5.70. The zero-order chi connectivity index (χ0) is 8.13. The maximum absolute atomic E-state index is 11.0. The predicted octanol–water partition coefficient (Wildman–Crippen LogP) is 1.37. The second-order valence-electron chi connectivity index (χ2n) is 4.16. The summed E-state index contributed by atoms with van der Waals surface area (Å²) >= 11 is 0. The van der Waals surface area contributed by atoms with Gasteiger partial charge >= 0.3 is 5.97 Å². The molecule has 2 bridgehead atoms. The van der Waals surface area contributed by atoms with Crippen LogP contribution in [-0.4, -0.2) is 12.6 Å². The molecule has 1 aliphatic heterocycles. The van der Waals surface area contributed by atoms with Crippen molar-refractivity contribution in [2.24, 2.45) is 23.7 Å². The highest BCUT2D eigenvalue weighted by atomic mass is 16.5. The molecule has 0 aromatic rings. The lowest BCUT2D eigenvalue weighted by Crippen LogP contribution is -2.33. The summed E-state index contributed by atoms with van der Waals surface area (Å²) in [4.78, 5) is 11.0. The van der Waals surface area contributed by atoms with Crippen molar-refractivity contribution in [1.82, 2.24) is 0 Å². The average molecular weight is 164 g/mol. The summed E-state index contributed by atoms with van der Waals surface area (Å²) in [5.74, 6) is 2.68. The maximum Gasteiger partial charge on any atom is 0.306 e. The van der Waals surface area contributed by atoms with E-state index in [0.29, 0.717) is 36.7 Å². The van der Waals surface area contributed by atoms with Crippen LogP contribution in [0.5, 0.6) is 0 Å². The van der Waals surface area contributed by atoms with Gasteiger partial charge in [-0.25, -0.2) is 0 Å². The maximum atomic E-state index is 11.0. The molecule has 2 nitrogen and oxygen atoms in total. The third-order valence-electron chi connectivity index (χ3n) is 3.64. The Bertz CT molecular complexity index is 257. The standard InChI is InChI=1S/C10H12O2/c11-10-4-8-6-1-2-7(3-6)9(8)5-12-10/h1-2,6-9H,3-5H2. The molecule has 4 unspecified atom stereocenters. The van der Waals surface area contributed by atoms with Crippen molar-refractivity contribution in [2.45, 2.75) is 12.8 Å². The molecule has 2 aliphatic carbocycles. The molecule has 1 saturated heterocycles. The Morgan fingerprint density at radius 1 is 1.25 bits per heavy atom. The lowest BCUT2D eigenvalue weighted by Gasteiger charge is -2.31. The molecule has 0 aromatic heterocycles. The van der Waals surface area contributed by atoms with Crippen molar-refractivity contribution in [2.75, 3.05) is 6.61 Å². The van der Waals surface area contributed by atoms with Gasteiger partial charge in [-0.3, -0.25) is 4.79 Å². The smallest absolute Gasteiger partial charge is 0.306 e. The highest BCUT2D eigenvalue weighted by Gasteiger charge is 2.47. The third kappa shape index (κ3) is 0.728. The zero-order valence-corrected chi connectivity index (χ0v) is 6.90. The Hall–Kier alpha value is -0.790. The molecular formula is C10H12O2. The fraction of sp³-hybridized carbons (Fsp3) is 0.700. The summed E-state index contributed by atoms with van der Waals surface area (Å²) in [5.41, 5.74) is 0. The van der Waals surface area contributed by atoms with E-state index in [0.717, 1.165) is 0 Å². The minimum Gasteiger partial charge on any atom is -0.465 e. The van der Waals surface area contributed by atoms with Crippen LogP contribution in [0.25, 0.3) is 0 Å². The first kappa shape index (κ1) is 6.70. The summed E-state index contributed by atoms with van der Waals surface area (Å²) in [7, 11) is 0. The largest absolute Gasteiger partial charge is 0.465 e. The molecule has 3 rings (SSSR count). The van der Waals surface area contributed by atoms with Gasteiger partial charge in [0.2, 0.25) is 0 Å². The average Bonchev–Trinajstić information content (AvgIpc) is 2.63. The number of hydrogen-bond acceptors (Lipinski definition) is 2. The van der Waals surface area contributed by atoms with Crippen LogP contribution in [0.1, 0.15) is 12.8 Å². The van der Waals surface area contributed by atoms with E-state index in [4.69, 9.17) is 4.74 Å². The molecule has 3 aliphatic rings. The van der Waals surface area contributed by atoms with Gasteiger partial charge < -0.3 is 4.74 Å². The fourth-order valence-corrected chi connectivity index (χ4v) is 3.02. The van der Waals surface area contributed by atoms with Gasteiger partial charge in [-0.15, -0.1) is 0 Å². The number of ether oxygens (including phenoxy) is 1. The molecule has 0 amide bonds. The summed E-state index contributed by atoms with van der Waals surface area (Å²) < 4.78 is 5.07. The van der Waals surface area contributed by atoms with E-state index in [-0.39, 0.29) is 5.97 Å². The Kier molecular flexibility index (Phi) is 1.18. The highest BCUT2D eigenvalue weighted by Crippen LogP contribution is 2.50. The van der Waals surface area contributed by atoms with Crippen LogP contribution >= 0.6 is 0 Å². The number of fused-ring (bicyclic) bond motifs is 5. The first-order valence-corrected chi connectivity index (χ1v) is 4.68. The topological polar surface area (TPSA) is 26.3 Å². The predicted molar refractivity (Wildman–Crippen MR) is 43.3 cm³/mol. The minimum absolute atomic E-state index is 0.0113. The van der Waals surface area contributed by atoms with Crippen LogP contribution in [0.4, 0.5) is 0 Å². The van der Waals surface area contributed by atoms with Crippen molar-refractivity contribution >= 4 is 5.97 Å². The van der Waals surface area contributed by atoms with Gasteiger partial charge in [-0.2, -0.15) is 0 Å². The van der Waals surface area contributed by atoms with Crippen LogP contribution in [-0.2, 0) is 9.53 Å². The lowest BCUT2D eigenvalue weighted by molar-refractivity contribution is -0.153. The van der Waals surface area contributed by atoms with E-state index in [2.05, 4.69) is 12.2 Å². The molecule has 12 heavy (non-hydrogen) atoms. The van der Waals surface area contributed by atoms with E-state index in [9.17, 15) is 4.79 Å². The van der Waals surface area contributed by atoms with Crippen LogP contribution in [0.15, 0.2) is 12.2 Å². The van der Waals surface area contributed by atoms with Gasteiger partial charge in [0.25, 0.3) is 0 Å². The molecule has 0 N–H and O–H groups in total. The van der Waals surface area contributed by atoms with E-state index in [1.54, 1.807) is 0 Å². The van der Waals surface area contributed by atoms with E-state index >= 15 is 0 Å². The third-order valence-corrected chi connectivity index (χ3v) is 3.64. The summed E-state index contributed by atoms with van der Waals surface area (Å²) in [5, 5.41) is 0. The van der Waals surface area contributed by atoms with Crippen LogP contribution in [0, 0.1) is 23.7 Å². The van der Waals surface area contributed by atoms with Crippen molar-refractivity contribution in [3.05, 3.63) is 12.2 Å². The normalized spacial score (nSPS) is 49.2. The van der Waals surface area contributed by atoms with Crippen molar-refractivity contribution in [3.63, 3.8) is 0 Å². The monoisotopic (exact) mass is 164 g/mol. The molecule has 0 radical (unpaired) electrons. The van der Waals surface area contributed by atoms with Crippen molar-refractivity contribution < 1.29 is 9.53 Å². The van der Waals surface area contributed by atoms with Crippen molar-refractivity contribution in [1.29, 1.82) is 0 Å². The van der Waals surface area contributed by atoms with Gasteiger partial charge in [0.1, 0.15) is 0 Å². The molecule has 2 heteroatoms. The van der Waals surface area contributed by atoms with Gasteiger partial charge in [-0.1, -0.05) is 12.2 Å². The molecule has 0 spiro atoms. The Morgan fingerprint density at radius 2 is 2.00 bits per heavy atom. The molecular weight excluding hydrogens is 152 g/mol. The first-order chi connectivity index (χ1) is 5.84. The van der Waals surface area contributed by atoms with Gasteiger partial charge in [0, 0.05) is 12.3 Å². The molecule has 1 saturated carbocycles. The SMILES string of the molecule is O=C1CC2C3C=CC(C3)C2CO1. The minimum atomic E-state index is 0.0113. The van der Waals surface area contributed by atoms with Gasteiger partial charge in [0.05, 0.1) is 6.61 Å². The summed E-state index contributed by atoms with van der Waals surface area (Å²) in [6.45, 7) is 0.676. The van der Waals surface area contributed by atoms with Gasteiger partial charge in [-0.05, 0) is 24.2 Å². The van der Waals surface area contributed by atoms with Crippen molar-refractivity contribution in [3.8, 4) is 0 Å². The lowest BCUT2D eigenvalue weighted by atomic mass is 9.80. The Balaban J connectivity index is 1.90. The van der Waals surface area contributed by atoms with E-state index in [1.807, 2.05) is 0 Å². The number of allylic oxidation sites excluding steroid dienone is 2. The van der Waals surface area contributed by atoms with Crippen LogP contribution in [0.2, 0.25) is 0 Å². The second kappa shape index (κ2) is 2.12. The summed E-state index contributed by atoms with van der Waals surface area (Å²) in [6.07, 6.45) is 6.54. The van der Waals surface area contributed by atoms with E-state index < -0.39 is 0 Å². The second-order valence-corrected chi connectivity index (χ2v) is 4.16. The molecule has 0 aromatic carbocycles. The Labute approximate surface area is 71.6 Å². The number of esters is 1.